The third-order valence-corrected chi connectivity index (χ3v) is 4.04. The molecule has 3 unspecified atom stereocenters. The molecule has 3 atom stereocenters. The summed E-state index contributed by atoms with van der Waals surface area (Å²) in [5, 5.41) is 13.5. The largest absolute Gasteiger partial charge is 0.393 e. The highest BCUT2D eigenvalue weighted by Gasteiger charge is 2.26. The molecule has 2 heteroatoms. The number of hydrogen-bond donors (Lipinski definition) is 2. The fourth-order valence-corrected chi connectivity index (χ4v) is 2.93. The average Bonchev–Trinajstić information content (AvgIpc) is 2.76. The first-order valence-electron chi connectivity index (χ1n) is 7.15. The van der Waals surface area contributed by atoms with Crippen LogP contribution in [0.2, 0.25) is 0 Å². The lowest BCUT2D eigenvalue weighted by molar-refractivity contribution is 0.128. The van der Waals surface area contributed by atoms with Gasteiger partial charge in [-0.2, -0.15) is 0 Å². The van der Waals surface area contributed by atoms with Gasteiger partial charge in [-0.25, -0.2) is 0 Å². The maximum absolute atomic E-state index is 9.87. The van der Waals surface area contributed by atoms with Crippen molar-refractivity contribution in [2.45, 2.75) is 45.3 Å². The molecular weight excluding hydrogens is 222 g/mol. The van der Waals surface area contributed by atoms with Crippen molar-refractivity contribution in [3.05, 3.63) is 35.9 Å². The summed E-state index contributed by atoms with van der Waals surface area (Å²) in [6.07, 6.45) is 3.21. The topological polar surface area (TPSA) is 32.3 Å². The highest BCUT2D eigenvalue weighted by molar-refractivity contribution is 5.19. The minimum absolute atomic E-state index is 0.0962. The Labute approximate surface area is 110 Å². The highest BCUT2D eigenvalue weighted by atomic mass is 16.3. The summed E-state index contributed by atoms with van der Waals surface area (Å²) in [5.74, 6) is 1.00. The number of hydrogen-bond acceptors (Lipinski definition) is 2. The summed E-state index contributed by atoms with van der Waals surface area (Å²) in [5.41, 5.74) is 1.35. The van der Waals surface area contributed by atoms with E-state index in [-0.39, 0.29) is 6.10 Å². The molecule has 18 heavy (non-hydrogen) atoms. The molecule has 2 N–H and O–H groups in total. The van der Waals surface area contributed by atoms with E-state index in [1.54, 1.807) is 0 Å². The molecule has 1 aromatic carbocycles. The predicted molar refractivity (Wildman–Crippen MR) is 75.4 cm³/mol. The van der Waals surface area contributed by atoms with Crippen LogP contribution in [0.5, 0.6) is 0 Å². The molecule has 1 saturated carbocycles. The van der Waals surface area contributed by atoms with Gasteiger partial charge in [-0.05, 0) is 30.2 Å². The van der Waals surface area contributed by atoms with Gasteiger partial charge in [-0.15, -0.1) is 0 Å². The van der Waals surface area contributed by atoms with Crippen LogP contribution in [0.1, 0.15) is 44.7 Å². The van der Waals surface area contributed by atoms with Gasteiger partial charge in [0.05, 0.1) is 6.10 Å². The van der Waals surface area contributed by atoms with Crippen molar-refractivity contribution in [3.8, 4) is 0 Å². The third kappa shape index (κ3) is 3.33. The lowest BCUT2D eigenvalue weighted by Crippen LogP contribution is -2.33. The molecule has 1 aliphatic carbocycles. The normalized spacial score (nSPS) is 25.6. The predicted octanol–water partition coefficient (Wildman–Crippen LogP) is 3.13. The summed E-state index contributed by atoms with van der Waals surface area (Å²) in [6, 6.07) is 11.0. The molecule has 2 rings (SSSR count). The van der Waals surface area contributed by atoms with E-state index in [9.17, 15) is 5.11 Å². The summed E-state index contributed by atoms with van der Waals surface area (Å²) in [4.78, 5) is 0. The number of aliphatic hydroxyl groups is 1. The molecule has 1 fully saturated rings. The van der Waals surface area contributed by atoms with Crippen LogP contribution in [0.4, 0.5) is 0 Å². The van der Waals surface area contributed by atoms with E-state index in [1.165, 1.54) is 12.0 Å². The minimum Gasteiger partial charge on any atom is -0.393 e. The Kier molecular flexibility index (Phi) is 4.79. The first kappa shape index (κ1) is 13.6. The van der Waals surface area contributed by atoms with Crippen molar-refractivity contribution >= 4 is 0 Å². The quantitative estimate of drug-likeness (QED) is 0.838. The second-order valence-corrected chi connectivity index (χ2v) is 5.80. The number of nitrogens with one attached hydrogen (secondary N) is 1. The van der Waals surface area contributed by atoms with Crippen LogP contribution in [0.15, 0.2) is 30.3 Å². The molecule has 0 saturated heterocycles. The summed E-state index contributed by atoms with van der Waals surface area (Å²) >= 11 is 0. The van der Waals surface area contributed by atoms with Crippen LogP contribution in [-0.2, 0) is 0 Å². The number of rotatable bonds is 5. The Morgan fingerprint density at radius 2 is 1.94 bits per heavy atom. The van der Waals surface area contributed by atoms with Gasteiger partial charge in [0.2, 0.25) is 0 Å². The van der Waals surface area contributed by atoms with Gasteiger partial charge in [-0.1, -0.05) is 50.6 Å². The van der Waals surface area contributed by atoms with Gasteiger partial charge in [0.25, 0.3) is 0 Å². The molecule has 0 spiro atoms. The summed E-state index contributed by atoms with van der Waals surface area (Å²) in [7, 11) is 0. The summed E-state index contributed by atoms with van der Waals surface area (Å²) in [6.45, 7) is 5.42. The molecule has 100 valence electrons. The maximum Gasteiger partial charge on any atom is 0.0580 e. The molecule has 0 heterocycles. The lowest BCUT2D eigenvalue weighted by Gasteiger charge is -2.25. The Balaban J connectivity index is 1.95. The lowest BCUT2D eigenvalue weighted by atomic mass is 9.95. The first-order chi connectivity index (χ1) is 8.68. The third-order valence-electron chi connectivity index (χ3n) is 4.04. The smallest absolute Gasteiger partial charge is 0.0580 e. The molecule has 0 aliphatic heterocycles. The van der Waals surface area contributed by atoms with Crippen molar-refractivity contribution in [1.29, 1.82) is 0 Å². The van der Waals surface area contributed by atoms with E-state index < -0.39 is 0 Å². The van der Waals surface area contributed by atoms with Crippen LogP contribution in [0.3, 0.4) is 0 Å². The molecule has 0 radical (unpaired) electrons. The molecule has 1 aliphatic rings. The van der Waals surface area contributed by atoms with Gasteiger partial charge in [0.1, 0.15) is 0 Å². The van der Waals surface area contributed by atoms with Gasteiger partial charge in [-0.3, -0.25) is 0 Å². The Morgan fingerprint density at radius 1 is 1.22 bits per heavy atom. The Morgan fingerprint density at radius 3 is 2.50 bits per heavy atom. The minimum atomic E-state index is -0.0962. The van der Waals surface area contributed by atoms with Crippen LogP contribution in [0, 0.1) is 11.8 Å². The first-order valence-corrected chi connectivity index (χ1v) is 7.15. The van der Waals surface area contributed by atoms with Crippen molar-refractivity contribution in [2.24, 2.45) is 11.8 Å². The zero-order chi connectivity index (χ0) is 13.0. The second-order valence-electron chi connectivity index (χ2n) is 5.80. The molecule has 1 aromatic rings. The van der Waals surface area contributed by atoms with Crippen molar-refractivity contribution in [3.63, 3.8) is 0 Å². The Bertz CT molecular complexity index is 349. The number of benzene rings is 1. The summed E-state index contributed by atoms with van der Waals surface area (Å²) < 4.78 is 0. The monoisotopic (exact) mass is 247 g/mol. The Hall–Kier alpha value is -0.860. The van der Waals surface area contributed by atoms with E-state index in [2.05, 4.69) is 49.5 Å². The van der Waals surface area contributed by atoms with Crippen molar-refractivity contribution in [2.75, 3.05) is 6.54 Å². The van der Waals surface area contributed by atoms with Gasteiger partial charge >= 0.3 is 0 Å². The molecule has 0 amide bonds. The molecule has 0 bridgehead atoms. The zero-order valence-corrected chi connectivity index (χ0v) is 11.5. The van der Waals surface area contributed by atoms with Gasteiger partial charge in [0.15, 0.2) is 0 Å². The van der Waals surface area contributed by atoms with Crippen molar-refractivity contribution in [1.82, 2.24) is 5.32 Å². The molecule has 2 nitrogen and oxygen atoms in total. The number of aliphatic hydroxyl groups excluding tert-OH is 1. The van der Waals surface area contributed by atoms with Crippen LogP contribution < -0.4 is 5.32 Å². The van der Waals surface area contributed by atoms with Crippen LogP contribution in [-0.4, -0.2) is 17.8 Å². The van der Waals surface area contributed by atoms with E-state index in [0.29, 0.717) is 17.9 Å². The van der Waals surface area contributed by atoms with E-state index in [0.717, 1.165) is 19.4 Å². The van der Waals surface area contributed by atoms with Crippen molar-refractivity contribution < 1.29 is 5.11 Å². The van der Waals surface area contributed by atoms with Crippen LogP contribution in [0.25, 0.3) is 0 Å². The molecular formula is C16H25NO. The second kappa shape index (κ2) is 6.35. The van der Waals surface area contributed by atoms with E-state index in [1.807, 2.05) is 0 Å². The maximum atomic E-state index is 9.87. The fraction of sp³-hybridized carbons (Fsp3) is 0.625. The fourth-order valence-electron chi connectivity index (χ4n) is 2.93. The highest BCUT2D eigenvalue weighted by Crippen LogP contribution is 2.27. The van der Waals surface area contributed by atoms with Gasteiger partial charge < -0.3 is 10.4 Å². The van der Waals surface area contributed by atoms with E-state index in [4.69, 9.17) is 0 Å². The standard InChI is InChI=1S/C16H25NO/c1-12(2)16(13-7-4-3-5-8-13)17-11-14-9-6-10-15(14)18/h3-5,7-8,12,14-18H,6,9-11H2,1-2H3. The SMILES string of the molecule is CC(C)C(NCC1CCCC1O)c1ccccc1. The molecule has 0 aromatic heterocycles. The average molecular weight is 247 g/mol. The van der Waals surface area contributed by atoms with Gasteiger partial charge in [0, 0.05) is 12.6 Å². The van der Waals surface area contributed by atoms with Crippen LogP contribution >= 0.6 is 0 Å². The van der Waals surface area contributed by atoms with E-state index >= 15 is 0 Å². The zero-order valence-electron chi connectivity index (χ0n) is 11.5.